The zero-order valence-electron chi connectivity index (χ0n) is 9.71. The van der Waals surface area contributed by atoms with Crippen molar-refractivity contribution in [2.45, 2.75) is 18.8 Å². The molecule has 6 heteroatoms. The standard InChI is InChI=1S/C12H12N2O4/c1-2-12(8-6-4-3-5-7-8)9(15)13-11(17)14(18)10(12)16/h3-7,18H,2H2,1H3,(H,13,15,17). The predicted octanol–water partition coefficient (Wildman–Crippen LogP) is 0.802. The molecule has 1 saturated heterocycles. The van der Waals surface area contributed by atoms with Gasteiger partial charge in [0.25, 0.3) is 5.91 Å². The SMILES string of the molecule is CCC1(c2ccccc2)C(=O)NC(=O)N(O)C1=O. The van der Waals surface area contributed by atoms with Crippen molar-refractivity contribution in [1.29, 1.82) is 0 Å². The number of amides is 4. The highest BCUT2D eigenvalue weighted by Gasteiger charge is 2.53. The number of barbiturate groups is 1. The summed E-state index contributed by atoms with van der Waals surface area (Å²) in [6.45, 7) is 1.65. The summed E-state index contributed by atoms with van der Waals surface area (Å²) in [5.41, 5.74) is -1.11. The number of carbonyl (C=O) groups is 3. The highest BCUT2D eigenvalue weighted by atomic mass is 16.5. The summed E-state index contributed by atoms with van der Waals surface area (Å²) in [6.07, 6.45) is 0.145. The van der Waals surface area contributed by atoms with Gasteiger partial charge in [0.15, 0.2) is 5.41 Å². The van der Waals surface area contributed by atoms with E-state index in [0.29, 0.717) is 5.56 Å². The Balaban J connectivity index is 2.58. The fourth-order valence-corrected chi connectivity index (χ4v) is 2.12. The molecule has 0 radical (unpaired) electrons. The lowest BCUT2D eigenvalue weighted by atomic mass is 9.75. The number of rotatable bonds is 2. The van der Waals surface area contributed by atoms with Crippen molar-refractivity contribution in [3.05, 3.63) is 35.9 Å². The molecule has 0 saturated carbocycles. The minimum atomic E-state index is -1.55. The van der Waals surface area contributed by atoms with Crippen molar-refractivity contribution in [2.24, 2.45) is 0 Å². The van der Waals surface area contributed by atoms with Crippen LogP contribution in [0.5, 0.6) is 0 Å². The third kappa shape index (κ3) is 1.50. The lowest BCUT2D eigenvalue weighted by molar-refractivity contribution is -0.167. The molecule has 1 fully saturated rings. The Hall–Kier alpha value is -2.21. The highest BCUT2D eigenvalue weighted by molar-refractivity contribution is 6.22. The van der Waals surface area contributed by atoms with Crippen molar-refractivity contribution < 1.29 is 19.6 Å². The largest absolute Gasteiger partial charge is 0.355 e. The molecular weight excluding hydrogens is 236 g/mol. The van der Waals surface area contributed by atoms with Crippen molar-refractivity contribution in [3.63, 3.8) is 0 Å². The molecule has 1 aliphatic rings. The molecule has 1 heterocycles. The summed E-state index contributed by atoms with van der Waals surface area (Å²) in [5.74, 6) is -1.64. The molecule has 1 aliphatic heterocycles. The van der Waals surface area contributed by atoms with E-state index < -0.39 is 23.3 Å². The van der Waals surface area contributed by atoms with E-state index in [1.807, 2.05) is 5.32 Å². The molecule has 1 aromatic carbocycles. The first-order valence-corrected chi connectivity index (χ1v) is 5.48. The van der Waals surface area contributed by atoms with E-state index in [1.165, 1.54) is 0 Å². The molecule has 6 nitrogen and oxygen atoms in total. The lowest BCUT2D eigenvalue weighted by Gasteiger charge is -2.36. The van der Waals surface area contributed by atoms with Gasteiger partial charge in [0.1, 0.15) is 0 Å². The van der Waals surface area contributed by atoms with Gasteiger partial charge in [-0.1, -0.05) is 37.3 Å². The molecule has 0 spiro atoms. The van der Waals surface area contributed by atoms with Gasteiger partial charge in [-0.25, -0.2) is 4.79 Å². The number of benzene rings is 1. The summed E-state index contributed by atoms with van der Waals surface area (Å²) < 4.78 is 0. The third-order valence-corrected chi connectivity index (χ3v) is 3.15. The first kappa shape index (κ1) is 12.3. The van der Waals surface area contributed by atoms with Gasteiger partial charge in [0, 0.05) is 0 Å². The summed E-state index contributed by atoms with van der Waals surface area (Å²) >= 11 is 0. The predicted molar refractivity (Wildman–Crippen MR) is 60.6 cm³/mol. The molecule has 0 aromatic heterocycles. The zero-order valence-corrected chi connectivity index (χ0v) is 9.71. The quantitative estimate of drug-likeness (QED) is 0.598. The fourth-order valence-electron chi connectivity index (χ4n) is 2.12. The number of urea groups is 1. The monoisotopic (exact) mass is 248 g/mol. The number of imide groups is 2. The Morgan fingerprint density at radius 1 is 1.22 bits per heavy atom. The number of hydrogen-bond donors (Lipinski definition) is 2. The zero-order chi connectivity index (χ0) is 13.3. The average Bonchev–Trinajstić information content (AvgIpc) is 2.39. The van der Waals surface area contributed by atoms with Crippen LogP contribution < -0.4 is 5.32 Å². The number of nitrogens with zero attached hydrogens (tertiary/aromatic N) is 1. The molecular formula is C12H12N2O4. The van der Waals surface area contributed by atoms with Gasteiger partial charge in [-0.05, 0) is 12.0 Å². The maximum atomic E-state index is 12.1. The molecule has 1 atom stereocenters. The normalized spacial score (nSPS) is 24.1. The Morgan fingerprint density at radius 3 is 2.39 bits per heavy atom. The van der Waals surface area contributed by atoms with Gasteiger partial charge < -0.3 is 0 Å². The first-order valence-electron chi connectivity index (χ1n) is 5.48. The van der Waals surface area contributed by atoms with Crippen LogP contribution in [0.15, 0.2) is 30.3 Å². The van der Waals surface area contributed by atoms with E-state index in [2.05, 4.69) is 0 Å². The molecule has 2 N–H and O–H groups in total. The molecule has 2 rings (SSSR count). The van der Waals surface area contributed by atoms with Crippen LogP contribution in [-0.2, 0) is 15.0 Å². The van der Waals surface area contributed by atoms with Crippen molar-refractivity contribution in [3.8, 4) is 0 Å². The van der Waals surface area contributed by atoms with E-state index in [1.54, 1.807) is 37.3 Å². The fraction of sp³-hybridized carbons (Fsp3) is 0.250. The second-order valence-electron chi connectivity index (χ2n) is 4.00. The Bertz CT molecular complexity index is 514. The van der Waals surface area contributed by atoms with Crippen LogP contribution in [0.4, 0.5) is 4.79 Å². The maximum Gasteiger partial charge on any atom is 0.355 e. The third-order valence-electron chi connectivity index (χ3n) is 3.15. The first-order chi connectivity index (χ1) is 8.54. The number of hydroxylamine groups is 2. The summed E-state index contributed by atoms with van der Waals surface area (Å²) in [5, 5.41) is 11.3. The summed E-state index contributed by atoms with van der Waals surface area (Å²) in [6, 6.07) is 7.23. The van der Waals surface area contributed by atoms with Crippen LogP contribution >= 0.6 is 0 Å². The molecule has 1 unspecified atom stereocenters. The molecule has 0 aliphatic carbocycles. The van der Waals surface area contributed by atoms with E-state index in [4.69, 9.17) is 0 Å². The van der Waals surface area contributed by atoms with Crippen LogP contribution in [0.25, 0.3) is 0 Å². The maximum absolute atomic E-state index is 12.1. The van der Waals surface area contributed by atoms with E-state index in [9.17, 15) is 19.6 Å². The van der Waals surface area contributed by atoms with Gasteiger partial charge in [-0.2, -0.15) is 0 Å². The summed E-state index contributed by atoms with van der Waals surface area (Å²) in [4.78, 5) is 35.3. The van der Waals surface area contributed by atoms with Crippen LogP contribution in [0, 0.1) is 0 Å². The van der Waals surface area contributed by atoms with Crippen molar-refractivity contribution in [2.75, 3.05) is 0 Å². The molecule has 18 heavy (non-hydrogen) atoms. The summed E-state index contributed by atoms with van der Waals surface area (Å²) in [7, 11) is 0. The van der Waals surface area contributed by atoms with Gasteiger partial charge in [0.05, 0.1) is 0 Å². The van der Waals surface area contributed by atoms with E-state index in [-0.39, 0.29) is 11.5 Å². The van der Waals surface area contributed by atoms with Crippen LogP contribution in [0.2, 0.25) is 0 Å². The second kappa shape index (κ2) is 4.23. The Kier molecular flexibility index (Phi) is 2.88. The minimum absolute atomic E-state index is 0.0438. The van der Waals surface area contributed by atoms with Gasteiger partial charge in [-0.15, -0.1) is 5.06 Å². The molecule has 4 amide bonds. The van der Waals surface area contributed by atoms with Crippen LogP contribution in [0.3, 0.4) is 0 Å². The number of hydrogen-bond acceptors (Lipinski definition) is 4. The van der Waals surface area contributed by atoms with Gasteiger partial charge in [-0.3, -0.25) is 20.1 Å². The molecule has 94 valence electrons. The van der Waals surface area contributed by atoms with E-state index >= 15 is 0 Å². The number of nitrogens with one attached hydrogen (secondary N) is 1. The average molecular weight is 248 g/mol. The smallest absolute Gasteiger partial charge is 0.277 e. The second-order valence-corrected chi connectivity index (χ2v) is 4.00. The topological polar surface area (TPSA) is 86.7 Å². The van der Waals surface area contributed by atoms with Crippen molar-refractivity contribution >= 4 is 17.8 Å². The van der Waals surface area contributed by atoms with Gasteiger partial charge in [0.2, 0.25) is 5.91 Å². The molecule has 0 bridgehead atoms. The Morgan fingerprint density at radius 2 is 1.83 bits per heavy atom. The highest BCUT2D eigenvalue weighted by Crippen LogP contribution is 2.32. The minimum Gasteiger partial charge on any atom is -0.277 e. The van der Waals surface area contributed by atoms with E-state index in [0.717, 1.165) is 0 Å². The van der Waals surface area contributed by atoms with Gasteiger partial charge >= 0.3 is 6.03 Å². The van der Waals surface area contributed by atoms with Crippen molar-refractivity contribution in [1.82, 2.24) is 10.4 Å². The van der Waals surface area contributed by atoms with Crippen LogP contribution in [-0.4, -0.2) is 28.1 Å². The number of carbonyl (C=O) groups excluding carboxylic acids is 3. The Labute approximate surface area is 103 Å². The van der Waals surface area contributed by atoms with Crippen LogP contribution in [0.1, 0.15) is 18.9 Å². The lowest BCUT2D eigenvalue weighted by Crippen LogP contribution is -2.64. The molecule has 1 aromatic rings.